The van der Waals surface area contributed by atoms with Crippen LogP contribution in [0.25, 0.3) is 0 Å². The van der Waals surface area contributed by atoms with Gasteiger partial charge in [0.05, 0.1) is 0 Å². The number of carbonyl (C=O) groups excluding carboxylic acids is 1. The molecule has 1 heterocycles. The Labute approximate surface area is 127 Å². The number of carbonyl (C=O) groups is 2. The second-order valence-electron chi connectivity index (χ2n) is 5.15. The van der Waals surface area contributed by atoms with Gasteiger partial charge in [0.15, 0.2) is 0 Å². The molecule has 6 nitrogen and oxygen atoms in total. The summed E-state index contributed by atoms with van der Waals surface area (Å²) in [5.74, 6) is -0.871. The van der Waals surface area contributed by atoms with Gasteiger partial charge in [0, 0.05) is 36.5 Å². The highest BCUT2D eigenvalue weighted by atomic mass is 32.1. The zero-order chi connectivity index (χ0) is 15.8. The standard InChI is InChI=1S/C14H22N2O4S/c1-10(5-3-7-13(18)19)15-12(17)6-4-8-16-11(2)9-21-14(16)20/h9-10H,3-8H2,1-2H3,(H,15,17)(H,18,19). The van der Waals surface area contributed by atoms with Gasteiger partial charge in [-0.2, -0.15) is 0 Å². The molecule has 1 atom stereocenters. The smallest absolute Gasteiger partial charge is 0.307 e. The summed E-state index contributed by atoms with van der Waals surface area (Å²) in [5, 5.41) is 13.2. The summed E-state index contributed by atoms with van der Waals surface area (Å²) in [5.41, 5.74) is 0.924. The minimum absolute atomic E-state index is 0.00921. The van der Waals surface area contributed by atoms with E-state index in [0.717, 1.165) is 5.69 Å². The van der Waals surface area contributed by atoms with E-state index in [-0.39, 0.29) is 23.2 Å². The summed E-state index contributed by atoms with van der Waals surface area (Å²) in [7, 11) is 0. The van der Waals surface area contributed by atoms with Crippen LogP contribution in [0.5, 0.6) is 0 Å². The molecule has 0 aliphatic rings. The molecule has 118 valence electrons. The Morgan fingerprint density at radius 3 is 2.67 bits per heavy atom. The molecule has 7 heteroatoms. The fourth-order valence-corrected chi connectivity index (χ4v) is 2.81. The summed E-state index contributed by atoms with van der Waals surface area (Å²) < 4.78 is 1.67. The second kappa shape index (κ2) is 8.61. The number of rotatable bonds is 9. The molecule has 21 heavy (non-hydrogen) atoms. The molecule has 1 rings (SSSR count). The number of hydrogen-bond acceptors (Lipinski definition) is 4. The van der Waals surface area contributed by atoms with Crippen LogP contribution in [-0.2, 0) is 16.1 Å². The average Bonchev–Trinajstić information content (AvgIpc) is 2.69. The monoisotopic (exact) mass is 314 g/mol. The minimum atomic E-state index is -0.815. The Hall–Kier alpha value is -1.63. The van der Waals surface area contributed by atoms with Crippen LogP contribution in [0.1, 0.15) is 44.7 Å². The van der Waals surface area contributed by atoms with Gasteiger partial charge in [-0.05, 0) is 33.1 Å². The van der Waals surface area contributed by atoms with Crippen LogP contribution in [0.2, 0.25) is 0 Å². The van der Waals surface area contributed by atoms with Crippen molar-refractivity contribution in [2.24, 2.45) is 0 Å². The number of carboxylic acids is 1. The highest BCUT2D eigenvalue weighted by Crippen LogP contribution is 2.04. The highest BCUT2D eigenvalue weighted by molar-refractivity contribution is 7.07. The summed E-state index contributed by atoms with van der Waals surface area (Å²) in [4.78, 5) is 33.6. The maximum Gasteiger partial charge on any atom is 0.307 e. The quantitative estimate of drug-likeness (QED) is 0.727. The van der Waals surface area contributed by atoms with Crippen molar-refractivity contribution in [3.63, 3.8) is 0 Å². The van der Waals surface area contributed by atoms with Crippen molar-refractivity contribution < 1.29 is 14.7 Å². The lowest BCUT2D eigenvalue weighted by atomic mass is 10.1. The predicted octanol–water partition coefficient (Wildman–Crippen LogP) is 1.76. The normalized spacial score (nSPS) is 12.1. The zero-order valence-corrected chi connectivity index (χ0v) is 13.2. The van der Waals surface area contributed by atoms with E-state index in [9.17, 15) is 14.4 Å². The highest BCUT2D eigenvalue weighted by Gasteiger charge is 2.09. The molecular weight excluding hydrogens is 292 g/mol. The van der Waals surface area contributed by atoms with E-state index in [4.69, 9.17) is 5.11 Å². The van der Waals surface area contributed by atoms with Gasteiger partial charge in [-0.3, -0.25) is 14.4 Å². The number of carboxylic acid groups (broad SMARTS) is 1. The van der Waals surface area contributed by atoms with Crippen LogP contribution >= 0.6 is 11.3 Å². The molecule has 1 amide bonds. The molecule has 0 spiro atoms. The molecule has 0 saturated carbocycles. The number of hydrogen-bond donors (Lipinski definition) is 2. The Morgan fingerprint density at radius 2 is 2.10 bits per heavy atom. The minimum Gasteiger partial charge on any atom is -0.481 e. The molecule has 0 aromatic carbocycles. The van der Waals surface area contributed by atoms with Crippen molar-refractivity contribution >= 4 is 23.2 Å². The molecule has 0 bridgehead atoms. The van der Waals surface area contributed by atoms with Crippen LogP contribution in [0, 0.1) is 6.92 Å². The van der Waals surface area contributed by atoms with Crippen LogP contribution in [0.3, 0.4) is 0 Å². The molecule has 0 saturated heterocycles. The first kappa shape index (κ1) is 17.4. The summed E-state index contributed by atoms with van der Waals surface area (Å²) >= 11 is 1.17. The third-order valence-corrected chi connectivity index (χ3v) is 4.08. The number of aromatic nitrogens is 1. The maximum atomic E-state index is 11.7. The number of amides is 1. The van der Waals surface area contributed by atoms with Crippen molar-refractivity contribution in [3.8, 4) is 0 Å². The molecule has 1 unspecified atom stereocenters. The van der Waals surface area contributed by atoms with Gasteiger partial charge in [0.25, 0.3) is 0 Å². The molecular formula is C14H22N2O4S. The third kappa shape index (κ3) is 6.57. The van der Waals surface area contributed by atoms with Gasteiger partial charge in [-0.15, -0.1) is 0 Å². The van der Waals surface area contributed by atoms with E-state index < -0.39 is 5.97 Å². The molecule has 1 aromatic rings. The average molecular weight is 314 g/mol. The summed E-state index contributed by atoms with van der Waals surface area (Å²) in [6.07, 6.45) is 2.32. The van der Waals surface area contributed by atoms with Crippen LogP contribution < -0.4 is 10.2 Å². The van der Waals surface area contributed by atoms with Crippen molar-refractivity contribution in [2.45, 2.75) is 58.5 Å². The van der Waals surface area contributed by atoms with Crippen molar-refractivity contribution in [1.29, 1.82) is 0 Å². The number of aliphatic carboxylic acids is 1. The number of nitrogens with one attached hydrogen (secondary N) is 1. The van der Waals surface area contributed by atoms with E-state index in [2.05, 4.69) is 5.32 Å². The SMILES string of the molecule is Cc1csc(=O)n1CCCC(=O)NC(C)CCCC(=O)O. The van der Waals surface area contributed by atoms with Crippen molar-refractivity contribution in [1.82, 2.24) is 9.88 Å². The van der Waals surface area contributed by atoms with Gasteiger partial charge in [-0.1, -0.05) is 11.3 Å². The van der Waals surface area contributed by atoms with E-state index in [1.165, 1.54) is 11.3 Å². The van der Waals surface area contributed by atoms with E-state index in [1.807, 2.05) is 19.2 Å². The van der Waals surface area contributed by atoms with Gasteiger partial charge >= 0.3 is 10.8 Å². The first-order valence-corrected chi connectivity index (χ1v) is 7.94. The molecule has 0 aliphatic carbocycles. The first-order chi connectivity index (χ1) is 9.90. The maximum absolute atomic E-state index is 11.7. The topological polar surface area (TPSA) is 88.4 Å². The summed E-state index contributed by atoms with van der Waals surface area (Å²) in [6, 6.07) is -0.0255. The van der Waals surface area contributed by atoms with Crippen molar-refractivity contribution in [2.75, 3.05) is 0 Å². The van der Waals surface area contributed by atoms with Crippen LogP contribution in [0.15, 0.2) is 10.2 Å². The van der Waals surface area contributed by atoms with Crippen LogP contribution in [-0.4, -0.2) is 27.6 Å². The van der Waals surface area contributed by atoms with E-state index in [0.29, 0.717) is 32.2 Å². The zero-order valence-electron chi connectivity index (χ0n) is 12.4. The molecule has 0 fully saturated rings. The van der Waals surface area contributed by atoms with Gasteiger partial charge in [0.1, 0.15) is 0 Å². The lowest BCUT2D eigenvalue weighted by molar-refractivity contribution is -0.137. The lowest BCUT2D eigenvalue weighted by Gasteiger charge is -2.13. The van der Waals surface area contributed by atoms with Crippen LogP contribution in [0.4, 0.5) is 0 Å². The largest absolute Gasteiger partial charge is 0.481 e. The number of aryl methyl sites for hydroxylation is 1. The number of nitrogens with zero attached hydrogens (tertiary/aromatic N) is 1. The fraction of sp³-hybridized carbons (Fsp3) is 0.643. The van der Waals surface area contributed by atoms with Gasteiger partial charge < -0.3 is 15.0 Å². The molecule has 0 radical (unpaired) electrons. The van der Waals surface area contributed by atoms with Crippen molar-refractivity contribution in [3.05, 3.63) is 20.7 Å². The van der Waals surface area contributed by atoms with Gasteiger partial charge in [-0.25, -0.2) is 0 Å². The first-order valence-electron chi connectivity index (χ1n) is 7.06. The second-order valence-corrected chi connectivity index (χ2v) is 5.97. The summed E-state index contributed by atoms with van der Waals surface area (Å²) in [6.45, 7) is 4.30. The third-order valence-electron chi connectivity index (χ3n) is 3.20. The molecule has 0 aliphatic heterocycles. The Bertz CT molecular complexity index is 535. The lowest BCUT2D eigenvalue weighted by Crippen LogP contribution is -2.32. The van der Waals surface area contributed by atoms with Gasteiger partial charge in [0.2, 0.25) is 5.91 Å². The predicted molar refractivity (Wildman–Crippen MR) is 81.6 cm³/mol. The fourth-order valence-electron chi connectivity index (χ4n) is 2.05. The Morgan fingerprint density at radius 1 is 1.38 bits per heavy atom. The molecule has 2 N–H and O–H groups in total. The molecule has 1 aromatic heterocycles. The Kier molecular flexibility index (Phi) is 7.14. The number of thiazole rings is 1. The Balaban J connectivity index is 2.22. The van der Waals surface area contributed by atoms with E-state index in [1.54, 1.807) is 4.57 Å². The van der Waals surface area contributed by atoms with E-state index >= 15 is 0 Å².